The van der Waals surface area contributed by atoms with E-state index in [-0.39, 0.29) is 0 Å². The highest BCUT2D eigenvalue weighted by molar-refractivity contribution is 5.83. The number of aromatic nitrogens is 1. The summed E-state index contributed by atoms with van der Waals surface area (Å²) in [6.07, 6.45) is 4.51. The van der Waals surface area contributed by atoms with Gasteiger partial charge in [-0.15, -0.1) is 0 Å². The van der Waals surface area contributed by atoms with Gasteiger partial charge in [0.25, 0.3) is 0 Å². The van der Waals surface area contributed by atoms with Crippen LogP contribution in [0.2, 0.25) is 0 Å². The Labute approximate surface area is 125 Å². The number of anilines is 1. The predicted octanol–water partition coefficient (Wildman–Crippen LogP) is 4.62. The zero-order valence-corrected chi connectivity index (χ0v) is 12.3. The number of aromatic amines is 1. The molecule has 2 heterocycles. The monoisotopic (exact) mass is 276 g/mol. The van der Waals surface area contributed by atoms with Gasteiger partial charge in [-0.2, -0.15) is 0 Å². The number of benzene rings is 2. The van der Waals surface area contributed by atoms with Crippen molar-refractivity contribution in [2.45, 2.75) is 25.7 Å². The number of para-hydroxylation sites is 1. The van der Waals surface area contributed by atoms with E-state index in [4.69, 9.17) is 0 Å². The molecule has 0 bridgehead atoms. The van der Waals surface area contributed by atoms with Gasteiger partial charge in [0, 0.05) is 35.2 Å². The van der Waals surface area contributed by atoms with Crippen molar-refractivity contribution in [1.29, 1.82) is 0 Å². The van der Waals surface area contributed by atoms with Crippen LogP contribution in [-0.2, 0) is 6.42 Å². The number of hydrogen-bond donors (Lipinski definition) is 2. The molecule has 2 heteroatoms. The fraction of sp³-hybridized carbons (Fsp3) is 0.263. The summed E-state index contributed by atoms with van der Waals surface area (Å²) < 4.78 is 0. The van der Waals surface area contributed by atoms with Crippen LogP contribution in [0.25, 0.3) is 10.9 Å². The maximum absolute atomic E-state index is 3.52. The molecule has 2 nitrogen and oxygen atoms in total. The van der Waals surface area contributed by atoms with E-state index in [1.807, 2.05) is 0 Å². The Morgan fingerprint density at radius 3 is 3.00 bits per heavy atom. The number of H-pyrrole nitrogens is 1. The van der Waals surface area contributed by atoms with Crippen molar-refractivity contribution in [3.63, 3.8) is 0 Å². The first-order valence-corrected chi connectivity index (χ1v) is 7.71. The standard InChI is InChI=1S/C19H20N2/c1-13-6-9-19-17(10-13)15(12-21-19)8-7-14-11-20-18-5-3-2-4-16(14)18/h2-6,9-10,12,14,20-21H,7-8,11H2,1H3. The minimum Gasteiger partial charge on any atom is -0.384 e. The molecule has 1 unspecified atom stereocenters. The second kappa shape index (κ2) is 4.96. The third-order valence-electron chi connectivity index (χ3n) is 4.62. The SMILES string of the molecule is Cc1ccc2[nH]cc(CCC3CNc4ccccc43)c2c1. The molecule has 21 heavy (non-hydrogen) atoms. The predicted molar refractivity (Wildman–Crippen MR) is 89.0 cm³/mol. The zero-order chi connectivity index (χ0) is 14.2. The summed E-state index contributed by atoms with van der Waals surface area (Å²) in [7, 11) is 0. The van der Waals surface area contributed by atoms with Crippen LogP contribution in [0.4, 0.5) is 5.69 Å². The van der Waals surface area contributed by atoms with Crippen LogP contribution in [0.5, 0.6) is 0 Å². The molecule has 0 radical (unpaired) electrons. The highest BCUT2D eigenvalue weighted by Crippen LogP contribution is 2.34. The second-order valence-corrected chi connectivity index (χ2v) is 6.07. The van der Waals surface area contributed by atoms with Crippen molar-refractivity contribution in [1.82, 2.24) is 4.98 Å². The number of hydrogen-bond acceptors (Lipinski definition) is 1. The van der Waals surface area contributed by atoms with E-state index in [1.165, 1.54) is 39.7 Å². The van der Waals surface area contributed by atoms with Gasteiger partial charge < -0.3 is 10.3 Å². The first kappa shape index (κ1) is 12.5. The molecule has 2 aromatic carbocycles. The third kappa shape index (κ3) is 2.21. The number of nitrogens with one attached hydrogen (secondary N) is 2. The average Bonchev–Trinajstić information content (AvgIpc) is 3.09. The lowest BCUT2D eigenvalue weighted by Gasteiger charge is -2.09. The maximum atomic E-state index is 3.52. The van der Waals surface area contributed by atoms with Gasteiger partial charge in [-0.1, -0.05) is 29.8 Å². The van der Waals surface area contributed by atoms with Crippen molar-refractivity contribution in [3.8, 4) is 0 Å². The van der Waals surface area contributed by atoms with E-state index in [0.717, 1.165) is 13.0 Å². The highest BCUT2D eigenvalue weighted by atomic mass is 14.9. The molecule has 2 N–H and O–H groups in total. The first-order chi connectivity index (χ1) is 10.3. The lowest BCUT2D eigenvalue weighted by molar-refractivity contribution is 0.677. The van der Waals surface area contributed by atoms with E-state index in [0.29, 0.717) is 5.92 Å². The molecule has 1 aromatic heterocycles. The molecule has 1 aliphatic heterocycles. The van der Waals surface area contributed by atoms with Crippen LogP contribution in [0.3, 0.4) is 0 Å². The number of aryl methyl sites for hydroxylation is 2. The first-order valence-electron chi connectivity index (χ1n) is 7.71. The van der Waals surface area contributed by atoms with Gasteiger partial charge in [0.2, 0.25) is 0 Å². The van der Waals surface area contributed by atoms with E-state index in [1.54, 1.807) is 0 Å². The van der Waals surface area contributed by atoms with E-state index >= 15 is 0 Å². The summed E-state index contributed by atoms with van der Waals surface area (Å²) in [5, 5.41) is 4.90. The normalized spacial score (nSPS) is 16.9. The third-order valence-corrected chi connectivity index (χ3v) is 4.62. The van der Waals surface area contributed by atoms with E-state index < -0.39 is 0 Å². The molecule has 106 valence electrons. The fourth-order valence-electron chi connectivity index (χ4n) is 3.44. The molecule has 0 aliphatic carbocycles. The molecule has 0 saturated heterocycles. The summed E-state index contributed by atoms with van der Waals surface area (Å²) >= 11 is 0. The molecular formula is C19H20N2. The lowest BCUT2D eigenvalue weighted by atomic mass is 9.94. The van der Waals surface area contributed by atoms with Crippen molar-refractivity contribution < 1.29 is 0 Å². The molecule has 0 spiro atoms. The largest absolute Gasteiger partial charge is 0.384 e. The molecule has 0 fully saturated rings. The Hall–Kier alpha value is -2.22. The summed E-state index contributed by atoms with van der Waals surface area (Å²) in [4.78, 5) is 3.39. The van der Waals surface area contributed by atoms with Gasteiger partial charge in [-0.05, 0) is 49.1 Å². The Morgan fingerprint density at radius 2 is 2.05 bits per heavy atom. The van der Waals surface area contributed by atoms with Gasteiger partial charge in [0.05, 0.1) is 0 Å². The van der Waals surface area contributed by atoms with Crippen LogP contribution in [-0.4, -0.2) is 11.5 Å². The quantitative estimate of drug-likeness (QED) is 0.718. The molecule has 3 aromatic rings. The fourth-order valence-corrected chi connectivity index (χ4v) is 3.44. The van der Waals surface area contributed by atoms with Crippen molar-refractivity contribution >= 4 is 16.6 Å². The molecule has 4 rings (SSSR count). The maximum Gasteiger partial charge on any atom is 0.0456 e. The van der Waals surface area contributed by atoms with Crippen LogP contribution >= 0.6 is 0 Å². The topological polar surface area (TPSA) is 27.8 Å². The van der Waals surface area contributed by atoms with Gasteiger partial charge in [-0.25, -0.2) is 0 Å². The zero-order valence-electron chi connectivity index (χ0n) is 12.3. The number of fused-ring (bicyclic) bond motifs is 2. The molecule has 0 saturated carbocycles. The summed E-state index contributed by atoms with van der Waals surface area (Å²) in [6, 6.07) is 15.3. The van der Waals surface area contributed by atoms with Gasteiger partial charge in [-0.3, -0.25) is 0 Å². The van der Waals surface area contributed by atoms with Gasteiger partial charge >= 0.3 is 0 Å². The Balaban J connectivity index is 1.56. The molecule has 1 aliphatic rings. The molecular weight excluding hydrogens is 256 g/mol. The average molecular weight is 276 g/mol. The molecule has 1 atom stereocenters. The van der Waals surface area contributed by atoms with Gasteiger partial charge in [0.1, 0.15) is 0 Å². The Morgan fingerprint density at radius 1 is 1.14 bits per heavy atom. The molecule has 0 amide bonds. The van der Waals surface area contributed by atoms with E-state index in [2.05, 4.69) is 65.9 Å². The Bertz CT molecular complexity index is 785. The van der Waals surface area contributed by atoms with Crippen LogP contribution in [0.1, 0.15) is 29.0 Å². The summed E-state index contributed by atoms with van der Waals surface area (Å²) in [5.74, 6) is 0.635. The van der Waals surface area contributed by atoms with Crippen molar-refractivity contribution in [3.05, 3.63) is 65.4 Å². The highest BCUT2D eigenvalue weighted by Gasteiger charge is 2.21. The van der Waals surface area contributed by atoms with Crippen molar-refractivity contribution in [2.75, 3.05) is 11.9 Å². The second-order valence-electron chi connectivity index (χ2n) is 6.07. The lowest BCUT2D eigenvalue weighted by Crippen LogP contribution is -2.03. The summed E-state index contributed by atoms with van der Waals surface area (Å²) in [5.41, 5.74) is 6.82. The minimum atomic E-state index is 0.635. The summed E-state index contributed by atoms with van der Waals surface area (Å²) in [6.45, 7) is 3.23. The van der Waals surface area contributed by atoms with E-state index in [9.17, 15) is 0 Å². The Kier molecular flexibility index (Phi) is 2.95. The van der Waals surface area contributed by atoms with Crippen LogP contribution in [0, 0.1) is 6.92 Å². The minimum absolute atomic E-state index is 0.635. The number of rotatable bonds is 3. The van der Waals surface area contributed by atoms with Gasteiger partial charge in [0.15, 0.2) is 0 Å². The van der Waals surface area contributed by atoms with Crippen molar-refractivity contribution in [2.24, 2.45) is 0 Å². The van der Waals surface area contributed by atoms with Crippen LogP contribution in [0.15, 0.2) is 48.7 Å². The van der Waals surface area contributed by atoms with Crippen LogP contribution < -0.4 is 5.32 Å². The smallest absolute Gasteiger partial charge is 0.0456 e.